The maximum Gasteiger partial charge on any atom is 0.0596 e. The Morgan fingerprint density at radius 3 is 2.31 bits per heavy atom. The molecule has 1 saturated carbocycles. The van der Waals surface area contributed by atoms with Gasteiger partial charge in [-0.25, -0.2) is 0 Å². The Balaban J connectivity index is 1.83. The van der Waals surface area contributed by atoms with Gasteiger partial charge in [-0.05, 0) is 45.7 Å². The van der Waals surface area contributed by atoms with E-state index in [1.54, 1.807) is 0 Å². The fourth-order valence-electron chi connectivity index (χ4n) is 2.75. The van der Waals surface area contributed by atoms with Gasteiger partial charge in [0.1, 0.15) is 0 Å². The van der Waals surface area contributed by atoms with Crippen LogP contribution in [0.25, 0.3) is 0 Å². The van der Waals surface area contributed by atoms with Crippen LogP contribution < -0.4 is 5.32 Å². The molecule has 0 radical (unpaired) electrons. The molecule has 0 aromatic heterocycles. The van der Waals surface area contributed by atoms with Gasteiger partial charge < -0.3 is 5.32 Å². The SMILES string of the molecule is CN(C1CCCC1)C1CCCCN1. The fraction of sp³-hybridized carbons (Fsp3) is 1.00. The van der Waals surface area contributed by atoms with Crippen LogP contribution >= 0.6 is 0 Å². The second-order valence-electron chi connectivity index (χ2n) is 4.57. The lowest BCUT2D eigenvalue weighted by Gasteiger charge is -2.36. The van der Waals surface area contributed by atoms with Crippen LogP contribution in [0.15, 0.2) is 0 Å². The van der Waals surface area contributed by atoms with Crippen LogP contribution in [0, 0.1) is 0 Å². The second-order valence-corrected chi connectivity index (χ2v) is 4.57. The first-order chi connectivity index (χ1) is 6.38. The van der Waals surface area contributed by atoms with Gasteiger partial charge in [-0.15, -0.1) is 0 Å². The Bertz CT molecular complexity index is 146. The van der Waals surface area contributed by atoms with Crippen molar-refractivity contribution >= 4 is 0 Å². The van der Waals surface area contributed by atoms with E-state index in [4.69, 9.17) is 0 Å². The molecule has 2 fully saturated rings. The fourth-order valence-corrected chi connectivity index (χ4v) is 2.75. The molecule has 2 heteroatoms. The zero-order valence-corrected chi connectivity index (χ0v) is 8.76. The van der Waals surface area contributed by atoms with Gasteiger partial charge in [0, 0.05) is 6.04 Å². The molecule has 13 heavy (non-hydrogen) atoms. The molecule has 1 unspecified atom stereocenters. The summed E-state index contributed by atoms with van der Waals surface area (Å²) in [4.78, 5) is 2.59. The molecule has 1 N–H and O–H groups in total. The summed E-state index contributed by atoms with van der Waals surface area (Å²) in [6.45, 7) is 1.22. The summed E-state index contributed by atoms with van der Waals surface area (Å²) in [5.41, 5.74) is 0. The zero-order valence-electron chi connectivity index (χ0n) is 8.76. The average molecular weight is 182 g/mol. The van der Waals surface area contributed by atoms with Gasteiger partial charge in [0.15, 0.2) is 0 Å². The van der Waals surface area contributed by atoms with Crippen LogP contribution in [0.2, 0.25) is 0 Å². The molecule has 1 heterocycles. The minimum absolute atomic E-state index is 0.678. The number of nitrogens with one attached hydrogen (secondary N) is 1. The summed E-state index contributed by atoms with van der Waals surface area (Å²) in [6.07, 6.45) is 10.6. The standard InChI is InChI=1S/C11H22N2/c1-13(10-6-2-3-7-10)11-8-4-5-9-12-11/h10-12H,2-9H2,1H3. The Hall–Kier alpha value is -0.0800. The van der Waals surface area contributed by atoms with Crippen molar-refractivity contribution in [2.75, 3.05) is 13.6 Å². The van der Waals surface area contributed by atoms with Gasteiger partial charge in [-0.3, -0.25) is 4.90 Å². The van der Waals surface area contributed by atoms with Gasteiger partial charge in [0.2, 0.25) is 0 Å². The van der Waals surface area contributed by atoms with E-state index in [1.807, 2.05) is 0 Å². The Labute approximate surface area is 81.7 Å². The van der Waals surface area contributed by atoms with E-state index in [2.05, 4.69) is 17.3 Å². The van der Waals surface area contributed by atoms with Crippen molar-refractivity contribution in [2.24, 2.45) is 0 Å². The molecule has 76 valence electrons. The summed E-state index contributed by atoms with van der Waals surface area (Å²) in [5, 5.41) is 3.62. The number of rotatable bonds is 2. The minimum Gasteiger partial charge on any atom is -0.302 e. The zero-order chi connectivity index (χ0) is 9.10. The summed E-state index contributed by atoms with van der Waals surface area (Å²) in [6, 6.07) is 0.871. The van der Waals surface area contributed by atoms with Gasteiger partial charge in [0.25, 0.3) is 0 Å². The number of nitrogens with zero attached hydrogens (tertiary/aromatic N) is 1. The van der Waals surface area contributed by atoms with Gasteiger partial charge in [-0.1, -0.05) is 12.8 Å². The Kier molecular flexibility index (Phi) is 3.23. The third kappa shape index (κ3) is 2.23. The smallest absolute Gasteiger partial charge is 0.0596 e. The molecule has 1 aliphatic carbocycles. The van der Waals surface area contributed by atoms with Crippen molar-refractivity contribution in [3.8, 4) is 0 Å². The lowest BCUT2D eigenvalue weighted by atomic mass is 10.1. The molecule has 0 spiro atoms. The van der Waals surface area contributed by atoms with Crippen LogP contribution in [-0.2, 0) is 0 Å². The number of piperidine rings is 1. The van der Waals surface area contributed by atoms with E-state index in [1.165, 1.54) is 51.5 Å². The van der Waals surface area contributed by atoms with Gasteiger partial charge >= 0.3 is 0 Å². The van der Waals surface area contributed by atoms with Gasteiger partial charge in [-0.2, -0.15) is 0 Å². The average Bonchev–Trinajstić information content (AvgIpc) is 2.71. The van der Waals surface area contributed by atoms with Crippen molar-refractivity contribution in [3.63, 3.8) is 0 Å². The van der Waals surface area contributed by atoms with Crippen molar-refractivity contribution in [1.82, 2.24) is 10.2 Å². The summed E-state index contributed by atoms with van der Waals surface area (Å²) in [7, 11) is 2.30. The molecule has 0 bridgehead atoms. The molecule has 0 aromatic rings. The van der Waals surface area contributed by atoms with E-state index < -0.39 is 0 Å². The molecule has 2 nitrogen and oxygen atoms in total. The maximum absolute atomic E-state index is 3.62. The van der Waals surface area contributed by atoms with Crippen LogP contribution in [0.4, 0.5) is 0 Å². The van der Waals surface area contributed by atoms with E-state index in [0.717, 1.165) is 6.04 Å². The minimum atomic E-state index is 0.678. The van der Waals surface area contributed by atoms with E-state index in [9.17, 15) is 0 Å². The molecule has 2 rings (SSSR count). The molecule has 1 aliphatic heterocycles. The van der Waals surface area contributed by atoms with E-state index in [-0.39, 0.29) is 0 Å². The molecule has 1 saturated heterocycles. The molecular formula is C11H22N2. The lowest BCUT2D eigenvalue weighted by molar-refractivity contribution is 0.122. The highest BCUT2D eigenvalue weighted by Crippen LogP contribution is 2.25. The van der Waals surface area contributed by atoms with Crippen LogP contribution in [-0.4, -0.2) is 30.7 Å². The predicted molar refractivity (Wildman–Crippen MR) is 55.7 cm³/mol. The first-order valence-corrected chi connectivity index (χ1v) is 5.83. The largest absolute Gasteiger partial charge is 0.302 e. The highest BCUT2D eigenvalue weighted by atomic mass is 15.3. The maximum atomic E-state index is 3.62. The van der Waals surface area contributed by atoms with Gasteiger partial charge in [0.05, 0.1) is 6.17 Å². The van der Waals surface area contributed by atoms with E-state index in [0.29, 0.717) is 6.17 Å². The highest BCUT2D eigenvalue weighted by molar-refractivity contribution is 4.81. The normalized spacial score (nSPS) is 31.4. The van der Waals surface area contributed by atoms with E-state index >= 15 is 0 Å². The summed E-state index contributed by atoms with van der Waals surface area (Å²) < 4.78 is 0. The number of hydrogen-bond acceptors (Lipinski definition) is 2. The summed E-state index contributed by atoms with van der Waals surface area (Å²) in [5.74, 6) is 0. The Morgan fingerprint density at radius 2 is 1.69 bits per heavy atom. The number of hydrogen-bond donors (Lipinski definition) is 1. The molecule has 0 amide bonds. The quantitative estimate of drug-likeness (QED) is 0.702. The second kappa shape index (κ2) is 4.43. The predicted octanol–water partition coefficient (Wildman–Crippen LogP) is 1.96. The van der Waals surface area contributed by atoms with Crippen molar-refractivity contribution in [2.45, 2.75) is 57.2 Å². The highest BCUT2D eigenvalue weighted by Gasteiger charge is 2.25. The molecule has 0 aromatic carbocycles. The lowest BCUT2D eigenvalue weighted by Crippen LogP contribution is -2.49. The summed E-state index contributed by atoms with van der Waals surface area (Å²) >= 11 is 0. The molecular weight excluding hydrogens is 160 g/mol. The topological polar surface area (TPSA) is 15.3 Å². The first-order valence-electron chi connectivity index (χ1n) is 5.83. The monoisotopic (exact) mass is 182 g/mol. The first kappa shape index (κ1) is 9.47. The Morgan fingerprint density at radius 1 is 1.00 bits per heavy atom. The van der Waals surface area contributed by atoms with Crippen LogP contribution in [0.5, 0.6) is 0 Å². The molecule has 1 atom stereocenters. The third-order valence-corrected chi connectivity index (χ3v) is 3.68. The van der Waals surface area contributed by atoms with Crippen LogP contribution in [0.3, 0.4) is 0 Å². The van der Waals surface area contributed by atoms with Crippen molar-refractivity contribution in [1.29, 1.82) is 0 Å². The van der Waals surface area contributed by atoms with Crippen LogP contribution in [0.1, 0.15) is 44.9 Å². The van der Waals surface area contributed by atoms with Crippen molar-refractivity contribution < 1.29 is 0 Å². The molecule has 2 aliphatic rings. The van der Waals surface area contributed by atoms with Crippen molar-refractivity contribution in [3.05, 3.63) is 0 Å². The third-order valence-electron chi connectivity index (χ3n) is 3.68.